The molecule has 0 spiro atoms. The maximum atomic E-state index is 4.14. The first kappa shape index (κ1) is 8.18. The second-order valence-corrected chi connectivity index (χ2v) is 3.37. The Hall–Kier alpha value is -1.43. The predicted octanol–water partition coefficient (Wildman–Crippen LogP) is 1.43. The minimum atomic E-state index is 0.128. The lowest BCUT2D eigenvalue weighted by Gasteiger charge is -2.08. The first-order valence-electron chi connectivity index (χ1n) is 3.89. The Morgan fingerprint density at radius 2 is 2.46 bits per heavy atom. The van der Waals surface area contributed by atoms with Crippen LogP contribution < -0.4 is 5.32 Å². The molecule has 2 N–H and O–H groups in total. The molecular formula is C7H9N5S. The van der Waals surface area contributed by atoms with Gasteiger partial charge in [-0.15, -0.1) is 0 Å². The topological polar surface area (TPSA) is 66.5 Å². The van der Waals surface area contributed by atoms with Crippen molar-refractivity contribution in [3.05, 3.63) is 24.5 Å². The van der Waals surface area contributed by atoms with Crippen LogP contribution in [0.5, 0.6) is 0 Å². The molecule has 0 aromatic carbocycles. The average Bonchev–Trinajstić information content (AvgIpc) is 2.74. The van der Waals surface area contributed by atoms with Crippen molar-refractivity contribution in [3.63, 3.8) is 0 Å². The van der Waals surface area contributed by atoms with Gasteiger partial charge in [0.05, 0.1) is 6.04 Å². The number of imidazole rings is 1. The maximum absolute atomic E-state index is 4.14. The molecule has 0 aliphatic carbocycles. The summed E-state index contributed by atoms with van der Waals surface area (Å²) in [5.41, 5.74) is 0. The van der Waals surface area contributed by atoms with E-state index in [2.05, 4.69) is 24.6 Å². The molecule has 2 aromatic heterocycles. The third-order valence-corrected chi connectivity index (χ3v) is 2.23. The zero-order chi connectivity index (χ0) is 9.10. The van der Waals surface area contributed by atoms with Crippen LogP contribution in [0.3, 0.4) is 0 Å². The first-order chi connectivity index (χ1) is 6.36. The number of rotatable bonds is 3. The molecule has 0 saturated heterocycles. The molecule has 0 radical (unpaired) electrons. The monoisotopic (exact) mass is 195 g/mol. The molecule has 68 valence electrons. The standard InChI is InChI=1S/C7H9N5S/c1-5(6-8-2-3-9-6)12-7-10-4-11-13-7/h2-5H,1H3,(H,8,9)(H,10,11,12). The first-order valence-corrected chi connectivity index (χ1v) is 4.66. The molecule has 1 atom stereocenters. The minimum absolute atomic E-state index is 0.128. The van der Waals surface area contributed by atoms with Crippen molar-refractivity contribution in [2.45, 2.75) is 13.0 Å². The summed E-state index contributed by atoms with van der Waals surface area (Å²) in [6, 6.07) is 0.128. The summed E-state index contributed by atoms with van der Waals surface area (Å²) in [6.45, 7) is 2.01. The van der Waals surface area contributed by atoms with E-state index < -0.39 is 0 Å². The Labute approximate surface area is 79.4 Å². The van der Waals surface area contributed by atoms with E-state index in [-0.39, 0.29) is 6.04 Å². The second kappa shape index (κ2) is 3.53. The van der Waals surface area contributed by atoms with Gasteiger partial charge < -0.3 is 10.3 Å². The smallest absolute Gasteiger partial charge is 0.202 e. The molecular weight excluding hydrogens is 186 g/mol. The number of aromatic nitrogens is 4. The van der Waals surface area contributed by atoms with E-state index in [1.54, 1.807) is 12.4 Å². The SMILES string of the molecule is CC(Nc1ncns1)c1ncc[nH]1. The zero-order valence-corrected chi connectivity index (χ0v) is 7.88. The normalized spacial score (nSPS) is 12.7. The summed E-state index contributed by atoms with van der Waals surface area (Å²) in [7, 11) is 0. The highest BCUT2D eigenvalue weighted by Crippen LogP contribution is 2.15. The molecule has 13 heavy (non-hydrogen) atoms. The van der Waals surface area contributed by atoms with Gasteiger partial charge >= 0.3 is 0 Å². The maximum Gasteiger partial charge on any atom is 0.202 e. The van der Waals surface area contributed by atoms with Crippen molar-refractivity contribution in [2.75, 3.05) is 5.32 Å². The van der Waals surface area contributed by atoms with Gasteiger partial charge in [0, 0.05) is 23.9 Å². The highest BCUT2D eigenvalue weighted by molar-refractivity contribution is 7.09. The van der Waals surface area contributed by atoms with Crippen molar-refractivity contribution in [1.29, 1.82) is 0 Å². The Bertz CT molecular complexity index is 341. The van der Waals surface area contributed by atoms with Crippen LogP contribution in [-0.4, -0.2) is 19.3 Å². The van der Waals surface area contributed by atoms with E-state index in [4.69, 9.17) is 0 Å². The molecule has 2 heterocycles. The largest absolute Gasteiger partial charge is 0.351 e. The number of nitrogens with one attached hydrogen (secondary N) is 2. The molecule has 0 fully saturated rings. The summed E-state index contributed by atoms with van der Waals surface area (Å²) >= 11 is 1.33. The summed E-state index contributed by atoms with van der Waals surface area (Å²) in [6.07, 6.45) is 5.06. The second-order valence-electron chi connectivity index (χ2n) is 2.59. The van der Waals surface area contributed by atoms with E-state index in [0.717, 1.165) is 11.0 Å². The predicted molar refractivity (Wildman–Crippen MR) is 50.5 cm³/mol. The third kappa shape index (κ3) is 1.83. The highest BCUT2D eigenvalue weighted by atomic mass is 32.1. The van der Waals surface area contributed by atoms with E-state index in [1.807, 2.05) is 6.92 Å². The summed E-state index contributed by atoms with van der Waals surface area (Å²) in [5.74, 6) is 0.898. The van der Waals surface area contributed by atoms with Gasteiger partial charge in [0.2, 0.25) is 5.13 Å². The average molecular weight is 195 g/mol. The molecule has 0 bridgehead atoms. The van der Waals surface area contributed by atoms with E-state index >= 15 is 0 Å². The summed E-state index contributed by atoms with van der Waals surface area (Å²) in [4.78, 5) is 11.2. The Kier molecular flexibility index (Phi) is 2.22. The van der Waals surface area contributed by atoms with Crippen LogP contribution in [0.15, 0.2) is 18.7 Å². The minimum Gasteiger partial charge on any atom is -0.351 e. The van der Waals surface area contributed by atoms with Crippen molar-refractivity contribution in [1.82, 2.24) is 19.3 Å². The van der Waals surface area contributed by atoms with Gasteiger partial charge in [0.1, 0.15) is 12.2 Å². The van der Waals surface area contributed by atoms with Gasteiger partial charge in [0.25, 0.3) is 0 Å². The number of hydrogen-bond donors (Lipinski definition) is 2. The Morgan fingerprint density at radius 1 is 1.54 bits per heavy atom. The van der Waals surface area contributed by atoms with Crippen LogP contribution >= 0.6 is 11.5 Å². The van der Waals surface area contributed by atoms with Gasteiger partial charge in [-0.25, -0.2) is 9.97 Å². The lowest BCUT2D eigenvalue weighted by atomic mass is 10.3. The fourth-order valence-electron chi connectivity index (χ4n) is 1.00. The Balaban J connectivity index is 2.04. The molecule has 0 aliphatic heterocycles. The molecule has 2 aromatic rings. The quantitative estimate of drug-likeness (QED) is 0.777. The summed E-state index contributed by atoms with van der Waals surface area (Å²) < 4.78 is 3.89. The van der Waals surface area contributed by atoms with Crippen LogP contribution in [-0.2, 0) is 0 Å². The van der Waals surface area contributed by atoms with Crippen LogP contribution in [0.1, 0.15) is 18.8 Å². The van der Waals surface area contributed by atoms with Gasteiger partial charge in [-0.3, -0.25) is 0 Å². The molecule has 6 heteroatoms. The van der Waals surface area contributed by atoms with E-state index in [9.17, 15) is 0 Å². The third-order valence-electron chi connectivity index (χ3n) is 1.63. The Morgan fingerprint density at radius 3 is 3.08 bits per heavy atom. The van der Waals surface area contributed by atoms with Crippen molar-refractivity contribution >= 4 is 16.7 Å². The zero-order valence-electron chi connectivity index (χ0n) is 7.06. The van der Waals surface area contributed by atoms with Gasteiger partial charge in [-0.2, -0.15) is 4.37 Å². The molecule has 2 rings (SSSR count). The van der Waals surface area contributed by atoms with Crippen LogP contribution in [0.2, 0.25) is 0 Å². The van der Waals surface area contributed by atoms with Crippen molar-refractivity contribution in [3.8, 4) is 0 Å². The molecule has 0 aliphatic rings. The van der Waals surface area contributed by atoms with E-state index in [0.29, 0.717) is 0 Å². The van der Waals surface area contributed by atoms with Crippen LogP contribution in [0, 0.1) is 0 Å². The number of H-pyrrole nitrogens is 1. The highest BCUT2D eigenvalue weighted by Gasteiger charge is 2.08. The molecule has 1 unspecified atom stereocenters. The fourth-order valence-corrected chi connectivity index (χ4v) is 1.52. The lowest BCUT2D eigenvalue weighted by Crippen LogP contribution is -2.07. The van der Waals surface area contributed by atoms with E-state index in [1.165, 1.54) is 17.9 Å². The number of anilines is 1. The molecule has 0 saturated carbocycles. The number of hydrogen-bond acceptors (Lipinski definition) is 5. The molecule has 0 amide bonds. The van der Waals surface area contributed by atoms with Crippen LogP contribution in [0.25, 0.3) is 0 Å². The number of nitrogens with zero attached hydrogens (tertiary/aromatic N) is 3. The number of aromatic amines is 1. The van der Waals surface area contributed by atoms with Gasteiger partial charge in [0.15, 0.2) is 0 Å². The molecule has 5 nitrogen and oxygen atoms in total. The fraction of sp³-hybridized carbons (Fsp3) is 0.286. The van der Waals surface area contributed by atoms with Crippen molar-refractivity contribution < 1.29 is 0 Å². The summed E-state index contributed by atoms with van der Waals surface area (Å²) in [5, 5.41) is 3.98. The van der Waals surface area contributed by atoms with Gasteiger partial charge in [-0.05, 0) is 6.92 Å². The van der Waals surface area contributed by atoms with Crippen LogP contribution in [0.4, 0.5) is 5.13 Å². The van der Waals surface area contributed by atoms with Gasteiger partial charge in [-0.1, -0.05) is 0 Å². The van der Waals surface area contributed by atoms with Crippen molar-refractivity contribution in [2.24, 2.45) is 0 Å². The lowest BCUT2D eigenvalue weighted by molar-refractivity contribution is 0.808.